The first-order valence-electron chi connectivity index (χ1n) is 13.8. The van der Waals surface area contributed by atoms with Gasteiger partial charge in [-0.05, 0) is 54.8 Å². The largest absolute Gasteiger partial charge is 0.378 e. The second-order valence-electron chi connectivity index (χ2n) is 10.5. The first kappa shape index (κ1) is 25.4. The molecule has 2 saturated heterocycles. The molecule has 10 heteroatoms. The Balaban J connectivity index is 1.08. The first-order valence-corrected chi connectivity index (χ1v) is 13.8. The number of aromatic amines is 1. The first-order chi connectivity index (χ1) is 19.1. The van der Waals surface area contributed by atoms with Crippen molar-refractivity contribution in [3.05, 3.63) is 60.4 Å². The molecule has 0 spiro atoms. The van der Waals surface area contributed by atoms with E-state index in [4.69, 9.17) is 9.72 Å². The van der Waals surface area contributed by atoms with Crippen LogP contribution in [-0.2, 0) is 11.3 Å². The van der Waals surface area contributed by atoms with Crippen molar-refractivity contribution in [2.75, 3.05) is 73.9 Å². The molecular weight excluding hydrogens is 490 g/mol. The number of ether oxygens (including phenoxy) is 1. The molecule has 10 nitrogen and oxygen atoms in total. The lowest BCUT2D eigenvalue weighted by molar-refractivity contribution is 0.122. The van der Waals surface area contributed by atoms with Crippen LogP contribution >= 0.6 is 0 Å². The number of nitrogens with one attached hydrogen (secondary N) is 3. The lowest BCUT2D eigenvalue weighted by atomic mass is 10.0. The van der Waals surface area contributed by atoms with Gasteiger partial charge in [-0.15, -0.1) is 0 Å². The van der Waals surface area contributed by atoms with E-state index in [-0.39, 0.29) is 0 Å². The second kappa shape index (κ2) is 11.5. The van der Waals surface area contributed by atoms with Crippen LogP contribution in [0.5, 0.6) is 0 Å². The van der Waals surface area contributed by atoms with Gasteiger partial charge in [-0.25, -0.2) is 4.98 Å². The van der Waals surface area contributed by atoms with E-state index in [1.165, 1.54) is 16.9 Å². The van der Waals surface area contributed by atoms with E-state index in [2.05, 4.69) is 103 Å². The second-order valence-corrected chi connectivity index (χ2v) is 10.5. The average Bonchev–Trinajstić information content (AvgIpc) is 3.44. The molecule has 204 valence electrons. The van der Waals surface area contributed by atoms with Crippen molar-refractivity contribution in [1.29, 1.82) is 0 Å². The summed E-state index contributed by atoms with van der Waals surface area (Å²) in [5, 5.41) is 7.05. The Labute approximate surface area is 229 Å². The number of likely N-dealkylation sites (tertiary alicyclic amines) is 1. The summed E-state index contributed by atoms with van der Waals surface area (Å²) in [5.41, 5.74) is 6.22. The molecular formula is C29H37N9O. The Morgan fingerprint density at radius 2 is 1.69 bits per heavy atom. The SMILES string of the molecule is CN(C)c1ccc(CN2CCC(Nc3nc(Nc4ccc(N5CCOCC5)cc4)nc4nc[nH]c34)CC2)cc1. The number of morpholine rings is 1. The van der Waals surface area contributed by atoms with Crippen molar-refractivity contribution < 1.29 is 4.74 Å². The van der Waals surface area contributed by atoms with Gasteiger partial charge in [0, 0.05) is 69.9 Å². The maximum Gasteiger partial charge on any atom is 0.231 e. The molecule has 0 amide bonds. The molecule has 0 bridgehead atoms. The summed E-state index contributed by atoms with van der Waals surface area (Å²) in [7, 11) is 4.15. The van der Waals surface area contributed by atoms with E-state index in [0.29, 0.717) is 17.6 Å². The Morgan fingerprint density at radius 1 is 0.949 bits per heavy atom. The predicted molar refractivity (Wildman–Crippen MR) is 157 cm³/mol. The molecule has 4 aromatic rings. The van der Waals surface area contributed by atoms with Crippen LogP contribution < -0.4 is 20.4 Å². The van der Waals surface area contributed by atoms with Crippen molar-refractivity contribution in [3.8, 4) is 0 Å². The summed E-state index contributed by atoms with van der Waals surface area (Å²) < 4.78 is 5.47. The Kier molecular flexibility index (Phi) is 7.46. The third-order valence-corrected chi connectivity index (χ3v) is 7.57. The minimum atomic E-state index is 0.347. The van der Waals surface area contributed by atoms with Crippen LogP contribution in [0.3, 0.4) is 0 Å². The number of benzene rings is 2. The van der Waals surface area contributed by atoms with E-state index < -0.39 is 0 Å². The zero-order valence-electron chi connectivity index (χ0n) is 22.7. The summed E-state index contributed by atoms with van der Waals surface area (Å²) in [6.45, 7) is 6.47. The third kappa shape index (κ3) is 6.07. The number of nitrogens with zero attached hydrogens (tertiary/aromatic N) is 6. The van der Waals surface area contributed by atoms with Crippen molar-refractivity contribution in [3.63, 3.8) is 0 Å². The summed E-state index contributed by atoms with van der Waals surface area (Å²) in [4.78, 5) is 24.1. The van der Waals surface area contributed by atoms with Gasteiger partial charge < -0.3 is 30.2 Å². The smallest absolute Gasteiger partial charge is 0.231 e. The molecule has 0 radical (unpaired) electrons. The molecule has 0 atom stereocenters. The molecule has 2 aliphatic rings. The van der Waals surface area contributed by atoms with Crippen LogP contribution in [0, 0.1) is 0 Å². The molecule has 0 saturated carbocycles. The number of piperidine rings is 1. The number of aromatic nitrogens is 4. The zero-order chi connectivity index (χ0) is 26.6. The highest BCUT2D eigenvalue weighted by Gasteiger charge is 2.21. The number of fused-ring (bicyclic) bond motifs is 1. The summed E-state index contributed by atoms with van der Waals surface area (Å²) in [6.07, 6.45) is 3.79. The molecule has 2 fully saturated rings. The maximum absolute atomic E-state index is 5.47. The van der Waals surface area contributed by atoms with Crippen molar-refractivity contribution in [2.45, 2.75) is 25.4 Å². The van der Waals surface area contributed by atoms with Gasteiger partial charge in [-0.1, -0.05) is 12.1 Å². The highest BCUT2D eigenvalue weighted by Crippen LogP contribution is 2.26. The molecule has 0 unspecified atom stereocenters. The van der Waals surface area contributed by atoms with Gasteiger partial charge in [0.2, 0.25) is 5.95 Å². The molecule has 2 aromatic carbocycles. The highest BCUT2D eigenvalue weighted by atomic mass is 16.5. The van der Waals surface area contributed by atoms with Crippen molar-refractivity contribution in [1.82, 2.24) is 24.8 Å². The van der Waals surface area contributed by atoms with Gasteiger partial charge in [-0.3, -0.25) is 4.90 Å². The molecule has 4 heterocycles. The number of hydrogen-bond donors (Lipinski definition) is 3. The lowest BCUT2D eigenvalue weighted by Crippen LogP contribution is -2.38. The fourth-order valence-electron chi connectivity index (χ4n) is 5.29. The van der Waals surface area contributed by atoms with Gasteiger partial charge in [0.05, 0.1) is 19.5 Å². The van der Waals surface area contributed by atoms with Crippen LogP contribution in [-0.4, -0.2) is 84.4 Å². The molecule has 0 aliphatic carbocycles. The molecule has 39 heavy (non-hydrogen) atoms. The zero-order valence-corrected chi connectivity index (χ0v) is 22.7. The van der Waals surface area contributed by atoms with E-state index in [1.54, 1.807) is 6.33 Å². The summed E-state index contributed by atoms with van der Waals surface area (Å²) in [5.74, 6) is 1.33. The number of hydrogen-bond acceptors (Lipinski definition) is 9. The van der Waals surface area contributed by atoms with Gasteiger partial charge in [-0.2, -0.15) is 9.97 Å². The van der Waals surface area contributed by atoms with Crippen LogP contribution in [0.4, 0.5) is 28.8 Å². The molecule has 2 aliphatic heterocycles. The topological polar surface area (TPSA) is 97.5 Å². The lowest BCUT2D eigenvalue weighted by Gasteiger charge is -2.32. The van der Waals surface area contributed by atoms with Crippen LogP contribution in [0.2, 0.25) is 0 Å². The van der Waals surface area contributed by atoms with Crippen molar-refractivity contribution >= 4 is 40.0 Å². The number of rotatable bonds is 8. The van der Waals surface area contributed by atoms with E-state index in [0.717, 1.165) is 75.8 Å². The number of H-pyrrole nitrogens is 1. The Hall–Kier alpha value is -3.89. The van der Waals surface area contributed by atoms with E-state index in [1.807, 2.05) is 0 Å². The van der Waals surface area contributed by atoms with E-state index >= 15 is 0 Å². The third-order valence-electron chi connectivity index (χ3n) is 7.57. The molecule has 6 rings (SSSR count). The summed E-state index contributed by atoms with van der Waals surface area (Å²) >= 11 is 0. The Bertz CT molecular complexity index is 1360. The number of anilines is 5. The Morgan fingerprint density at radius 3 is 2.41 bits per heavy atom. The van der Waals surface area contributed by atoms with Gasteiger partial charge in [0.25, 0.3) is 0 Å². The highest BCUT2D eigenvalue weighted by molar-refractivity contribution is 5.84. The van der Waals surface area contributed by atoms with Gasteiger partial charge in [0.1, 0.15) is 5.52 Å². The fraction of sp³-hybridized carbons (Fsp3) is 0.414. The monoisotopic (exact) mass is 527 g/mol. The van der Waals surface area contributed by atoms with Crippen molar-refractivity contribution in [2.24, 2.45) is 0 Å². The molecule has 2 aromatic heterocycles. The predicted octanol–water partition coefficient (Wildman–Crippen LogP) is 4.08. The minimum absolute atomic E-state index is 0.347. The molecule has 3 N–H and O–H groups in total. The number of imidazole rings is 1. The van der Waals surface area contributed by atoms with Crippen LogP contribution in [0.1, 0.15) is 18.4 Å². The standard InChI is InChI=1S/C29H37N9O/c1-36(2)24-7-3-21(4-8-24)19-37-13-11-23(12-14-37)32-28-26-27(31-20-30-26)34-29(35-28)33-22-5-9-25(10-6-22)38-15-17-39-18-16-38/h3-10,20,23H,11-19H2,1-2H3,(H3,30,31,32,33,34,35). The van der Waals surface area contributed by atoms with Gasteiger partial charge >= 0.3 is 0 Å². The fourth-order valence-corrected chi connectivity index (χ4v) is 5.29. The minimum Gasteiger partial charge on any atom is -0.378 e. The van der Waals surface area contributed by atoms with Crippen LogP contribution in [0.25, 0.3) is 11.2 Å². The average molecular weight is 528 g/mol. The summed E-state index contributed by atoms with van der Waals surface area (Å²) in [6, 6.07) is 17.6. The van der Waals surface area contributed by atoms with E-state index in [9.17, 15) is 0 Å². The quantitative estimate of drug-likeness (QED) is 0.313. The maximum atomic E-state index is 5.47. The normalized spacial score (nSPS) is 16.9. The van der Waals surface area contributed by atoms with Crippen LogP contribution in [0.15, 0.2) is 54.9 Å². The van der Waals surface area contributed by atoms with Gasteiger partial charge in [0.15, 0.2) is 11.5 Å².